The fourth-order valence-corrected chi connectivity index (χ4v) is 1.63. The van der Waals surface area contributed by atoms with Crippen molar-refractivity contribution in [2.45, 2.75) is 39.8 Å². The molecule has 2 N–H and O–H groups in total. The van der Waals surface area contributed by atoms with Crippen LogP contribution in [-0.2, 0) is 6.54 Å². The third-order valence-corrected chi connectivity index (χ3v) is 2.44. The van der Waals surface area contributed by atoms with Crippen molar-refractivity contribution in [1.29, 1.82) is 0 Å². The summed E-state index contributed by atoms with van der Waals surface area (Å²) in [5.74, 6) is 0. The van der Waals surface area contributed by atoms with Gasteiger partial charge in [0, 0.05) is 19.1 Å². The molecular weight excluding hydrogens is 186 g/mol. The SMILES string of the molecule is CCCN(c1ccc(CN)nc1)C(C)C. The molecule has 0 saturated carbocycles. The van der Waals surface area contributed by atoms with Crippen molar-refractivity contribution in [1.82, 2.24) is 4.98 Å². The largest absolute Gasteiger partial charge is 0.368 e. The normalized spacial score (nSPS) is 10.7. The van der Waals surface area contributed by atoms with Gasteiger partial charge in [0.1, 0.15) is 0 Å². The molecule has 0 radical (unpaired) electrons. The highest BCUT2D eigenvalue weighted by molar-refractivity contribution is 5.45. The Hall–Kier alpha value is -1.09. The summed E-state index contributed by atoms with van der Waals surface area (Å²) in [6, 6.07) is 4.61. The fraction of sp³-hybridized carbons (Fsp3) is 0.583. The molecule has 1 aromatic heterocycles. The zero-order valence-corrected chi connectivity index (χ0v) is 9.90. The maximum absolute atomic E-state index is 5.52. The molecule has 1 aromatic rings. The van der Waals surface area contributed by atoms with Crippen LogP contribution < -0.4 is 10.6 Å². The number of rotatable bonds is 5. The number of nitrogens with two attached hydrogens (primary N) is 1. The highest BCUT2D eigenvalue weighted by Crippen LogP contribution is 2.16. The van der Waals surface area contributed by atoms with Gasteiger partial charge in [-0.3, -0.25) is 4.98 Å². The number of hydrogen-bond donors (Lipinski definition) is 1. The molecule has 0 saturated heterocycles. The number of pyridine rings is 1. The van der Waals surface area contributed by atoms with E-state index in [1.807, 2.05) is 12.3 Å². The van der Waals surface area contributed by atoms with Crippen LogP contribution in [-0.4, -0.2) is 17.6 Å². The predicted octanol–water partition coefficient (Wildman–Crippen LogP) is 2.17. The van der Waals surface area contributed by atoms with E-state index < -0.39 is 0 Å². The van der Waals surface area contributed by atoms with Gasteiger partial charge in [-0.25, -0.2) is 0 Å². The van der Waals surface area contributed by atoms with Crippen molar-refractivity contribution in [3.8, 4) is 0 Å². The first kappa shape index (κ1) is 12.0. The lowest BCUT2D eigenvalue weighted by Crippen LogP contribution is -2.31. The Kier molecular flexibility index (Phi) is 4.56. The van der Waals surface area contributed by atoms with Gasteiger partial charge < -0.3 is 10.6 Å². The molecule has 0 amide bonds. The molecule has 0 fully saturated rings. The van der Waals surface area contributed by atoms with Gasteiger partial charge in [-0.15, -0.1) is 0 Å². The van der Waals surface area contributed by atoms with E-state index in [-0.39, 0.29) is 0 Å². The second-order valence-electron chi connectivity index (χ2n) is 4.00. The molecule has 1 heterocycles. The van der Waals surface area contributed by atoms with Crippen LogP contribution in [0.1, 0.15) is 32.9 Å². The predicted molar refractivity (Wildman–Crippen MR) is 64.9 cm³/mol. The fourth-order valence-electron chi connectivity index (χ4n) is 1.63. The summed E-state index contributed by atoms with van der Waals surface area (Å²) in [5.41, 5.74) is 7.65. The smallest absolute Gasteiger partial charge is 0.0555 e. The average molecular weight is 207 g/mol. The standard InChI is InChI=1S/C12H21N3/c1-4-7-15(10(2)3)12-6-5-11(8-13)14-9-12/h5-6,9-10H,4,7-8,13H2,1-3H3. The van der Waals surface area contributed by atoms with Crippen LogP contribution >= 0.6 is 0 Å². The Labute approximate surface area is 92.3 Å². The highest BCUT2D eigenvalue weighted by atomic mass is 15.2. The van der Waals surface area contributed by atoms with Crippen molar-refractivity contribution in [2.75, 3.05) is 11.4 Å². The van der Waals surface area contributed by atoms with E-state index in [9.17, 15) is 0 Å². The van der Waals surface area contributed by atoms with E-state index >= 15 is 0 Å². The number of aromatic nitrogens is 1. The zero-order chi connectivity index (χ0) is 11.3. The van der Waals surface area contributed by atoms with Crippen molar-refractivity contribution < 1.29 is 0 Å². The minimum atomic E-state index is 0.510. The van der Waals surface area contributed by atoms with Crippen LogP contribution in [0.25, 0.3) is 0 Å². The minimum absolute atomic E-state index is 0.510. The van der Waals surface area contributed by atoms with Crippen molar-refractivity contribution >= 4 is 5.69 Å². The summed E-state index contributed by atoms with van der Waals surface area (Å²) in [7, 11) is 0. The molecule has 0 spiro atoms. The van der Waals surface area contributed by atoms with E-state index in [1.165, 1.54) is 5.69 Å². The van der Waals surface area contributed by atoms with Crippen LogP contribution in [0, 0.1) is 0 Å². The van der Waals surface area contributed by atoms with E-state index in [0.717, 1.165) is 18.7 Å². The maximum atomic E-state index is 5.52. The molecule has 0 aliphatic carbocycles. The quantitative estimate of drug-likeness (QED) is 0.804. The molecule has 1 rings (SSSR count). The van der Waals surface area contributed by atoms with Crippen LogP contribution in [0.2, 0.25) is 0 Å². The monoisotopic (exact) mass is 207 g/mol. The summed E-state index contributed by atoms with van der Waals surface area (Å²) in [6.07, 6.45) is 3.06. The summed E-state index contributed by atoms with van der Waals surface area (Å²) in [6.45, 7) is 8.17. The number of hydrogen-bond acceptors (Lipinski definition) is 3. The minimum Gasteiger partial charge on any atom is -0.368 e. The Balaban J connectivity index is 2.81. The summed E-state index contributed by atoms with van der Waals surface area (Å²) >= 11 is 0. The van der Waals surface area contributed by atoms with Gasteiger partial charge in [0.25, 0.3) is 0 Å². The van der Waals surface area contributed by atoms with E-state index in [0.29, 0.717) is 12.6 Å². The lowest BCUT2D eigenvalue weighted by atomic mass is 10.2. The molecule has 0 aromatic carbocycles. The molecule has 0 aliphatic rings. The van der Waals surface area contributed by atoms with Gasteiger partial charge >= 0.3 is 0 Å². The van der Waals surface area contributed by atoms with E-state index in [4.69, 9.17) is 5.73 Å². The maximum Gasteiger partial charge on any atom is 0.0555 e. The Bertz CT molecular complexity index is 279. The van der Waals surface area contributed by atoms with E-state index in [1.54, 1.807) is 0 Å². The Morgan fingerprint density at radius 3 is 2.53 bits per heavy atom. The number of nitrogens with zero attached hydrogens (tertiary/aromatic N) is 2. The van der Waals surface area contributed by atoms with Gasteiger partial charge in [-0.05, 0) is 32.4 Å². The van der Waals surface area contributed by atoms with E-state index in [2.05, 4.69) is 36.7 Å². The van der Waals surface area contributed by atoms with Crippen LogP contribution in [0.15, 0.2) is 18.3 Å². The molecular formula is C12H21N3. The molecule has 0 unspecified atom stereocenters. The second-order valence-corrected chi connectivity index (χ2v) is 4.00. The zero-order valence-electron chi connectivity index (χ0n) is 9.90. The van der Waals surface area contributed by atoms with Crippen molar-refractivity contribution in [2.24, 2.45) is 5.73 Å². The molecule has 0 aliphatic heterocycles. The molecule has 3 nitrogen and oxygen atoms in total. The van der Waals surface area contributed by atoms with Crippen molar-refractivity contribution in [3.63, 3.8) is 0 Å². The summed E-state index contributed by atoms with van der Waals surface area (Å²) in [4.78, 5) is 6.67. The third kappa shape index (κ3) is 3.20. The topological polar surface area (TPSA) is 42.1 Å². The first-order valence-electron chi connectivity index (χ1n) is 5.60. The second kappa shape index (κ2) is 5.71. The molecule has 15 heavy (non-hydrogen) atoms. The van der Waals surface area contributed by atoms with Crippen molar-refractivity contribution in [3.05, 3.63) is 24.0 Å². The summed E-state index contributed by atoms with van der Waals surface area (Å²) in [5, 5.41) is 0. The van der Waals surface area contributed by atoms with Gasteiger partial charge in [0.05, 0.1) is 17.6 Å². The first-order valence-corrected chi connectivity index (χ1v) is 5.60. The highest BCUT2D eigenvalue weighted by Gasteiger charge is 2.09. The number of anilines is 1. The Morgan fingerprint density at radius 1 is 1.40 bits per heavy atom. The molecule has 84 valence electrons. The first-order chi connectivity index (χ1) is 7.19. The third-order valence-electron chi connectivity index (χ3n) is 2.44. The van der Waals surface area contributed by atoms with Gasteiger partial charge in [-0.1, -0.05) is 6.92 Å². The molecule has 0 bridgehead atoms. The summed E-state index contributed by atoms with van der Waals surface area (Å²) < 4.78 is 0. The Morgan fingerprint density at radius 2 is 2.13 bits per heavy atom. The molecule has 3 heteroatoms. The van der Waals surface area contributed by atoms with Crippen LogP contribution in [0.3, 0.4) is 0 Å². The van der Waals surface area contributed by atoms with Crippen LogP contribution in [0.5, 0.6) is 0 Å². The average Bonchev–Trinajstić information content (AvgIpc) is 2.26. The molecule has 0 atom stereocenters. The van der Waals surface area contributed by atoms with Gasteiger partial charge in [-0.2, -0.15) is 0 Å². The lowest BCUT2D eigenvalue weighted by molar-refractivity contribution is 0.669. The van der Waals surface area contributed by atoms with Crippen LogP contribution in [0.4, 0.5) is 5.69 Å². The van der Waals surface area contributed by atoms with Gasteiger partial charge in [0.15, 0.2) is 0 Å². The van der Waals surface area contributed by atoms with Gasteiger partial charge in [0.2, 0.25) is 0 Å². The lowest BCUT2D eigenvalue weighted by Gasteiger charge is -2.28.